The third-order valence-corrected chi connectivity index (χ3v) is 5.15. The van der Waals surface area contributed by atoms with Crippen LogP contribution in [0, 0.1) is 0 Å². The van der Waals surface area contributed by atoms with Gasteiger partial charge in [-0.3, -0.25) is 9.59 Å². The molecule has 0 aliphatic heterocycles. The van der Waals surface area contributed by atoms with Gasteiger partial charge < -0.3 is 9.88 Å². The van der Waals surface area contributed by atoms with E-state index in [-0.39, 0.29) is 11.7 Å². The molecule has 0 saturated heterocycles. The Balaban J connectivity index is 1.62. The maximum atomic E-state index is 12.2. The number of nitrogens with zero attached hydrogens (tertiary/aromatic N) is 4. The van der Waals surface area contributed by atoms with Crippen LogP contribution in [0.1, 0.15) is 70.4 Å². The smallest absolute Gasteiger partial charge is 0.263 e. The standard InChI is InChI=1S/C15H19N5O2S/c1-10(21)15-17-7-12(23-15)14(22)16-8-13-19-18-9-20(13)11-5-3-2-4-6-11/h7,9,11H,2-6,8H2,1H3,(H,16,22). The number of amides is 1. The van der Waals surface area contributed by atoms with Crippen molar-refractivity contribution in [3.63, 3.8) is 0 Å². The Hall–Kier alpha value is -2.09. The summed E-state index contributed by atoms with van der Waals surface area (Å²) in [6.07, 6.45) is 9.19. The van der Waals surface area contributed by atoms with E-state index < -0.39 is 0 Å². The van der Waals surface area contributed by atoms with Crippen LogP contribution in [-0.2, 0) is 6.54 Å². The SMILES string of the molecule is CC(=O)c1ncc(C(=O)NCc2nncn2C2CCCCC2)s1. The summed E-state index contributed by atoms with van der Waals surface area (Å²) >= 11 is 1.10. The zero-order valence-corrected chi connectivity index (χ0v) is 13.8. The lowest BCUT2D eigenvalue weighted by molar-refractivity contribution is 0.0952. The molecule has 0 aromatic carbocycles. The van der Waals surface area contributed by atoms with E-state index in [1.165, 1.54) is 32.4 Å². The third-order valence-electron chi connectivity index (χ3n) is 4.05. The van der Waals surface area contributed by atoms with E-state index in [0.29, 0.717) is 22.5 Å². The van der Waals surface area contributed by atoms with Gasteiger partial charge in [-0.15, -0.1) is 21.5 Å². The first-order valence-corrected chi connectivity index (χ1v) is 8.60. The predicted molar refractivity (Wildman–Crippen MR) is 85.4 cm³/mol. The first kappa shape index (κ1) is 15.8. The zero-order valence-electron chi connectivity index (χ0n) is 13.0. The Morgan fingerprint density at radius 1 is 1.35 bits per heavy atom. The Bertz CT molecular complexity index is 702. The lowest BCUT2D eigenvalue weighted by atomic mass is 9.95. The topological polar surface area (TPSA) is 89.8 Å². The third kappa shape index (κ3) is 3.64. The van der Waals surface area contributed by atoms with E-state index in [0.717, 1.165) is 30.0 Å². The van der Waals surface area contributed by atoms with E-state index in [9.17, 15) is 9.59 Å². The van der Waals surface area contributed by atoms with Crippen LogP contribution in [-0.4, -0.2) is 31.4 Å². The molecule has 3 rings (SSSR count). The van der Waals surface area contributed by atoms with Crippen molar-refractivity contribution in [2.75, 3.05) is 0 Å². The second-order valence-corrected chi connectivity index (χ2v) is 6.75. The van der Waals surface area contributed by atoms with E-state index in [1.807, 2.05) is 0 Å². The fourth-order valence-electron chi connectivity index (χ4n) is 2.85. The van der Waals surface area contributed by atoms with Gasteiger partial charge in [0.1, 0.15) is 11.2 Å². The number of aromatic nitrogens is 4. The molecular weight excluding hydrogens is 314 g/mol. The molecule has 23 heavy (non-hydrogen) atoms. The minimum absolute atomic E-state index is 0.133. The Labute approximate surface area is 138 Å². The van der Waals surface area contributed by atoms with Gasteiger partial charge in [-0.05, 0) is 12.8 Å². The first-order chi connectivity index (χ1) is 11.1. The molecule has 2 aromatic rings. The molecule has 0 spiro atoms. The largest absolute Gasteiger partial charge is 0.344 e. The van der Waals surface area contributed by atoms with Crippen LogP contribution in [0.5, 0.6) is 0 Å². The van der Waals surface area contributed by atoms with Crippen LogP contribution in [0.15, 0.2) is 12.5 Å². The number of thiazole rings is 1. The number of rotatable bonds is 5. The highest BCUT2D eigenvalue weighted by Gasteiger charge is 2.19. The normalized spacial score (nSPS) is 15.5. The van der Waals surface area contributed by atoms with E-state index in [4.69, 9.17) is 0 Å². The number of Topliss-reactive ketones (excluding diaryl/α,β-unsaturated/α-hetero) is 1. The van der Waals surface area contributed by atoms with E-state index in [1.54, 1.807) is 6.33 Å². The number of ketones is 1. The molecule has 7 nitrogen and oxygen atoms in total. The van der Waals surface area contributed by atoms with Crippen molar-refractivity contribution < 1.29 is 9.59 Å². The molecule has 0 bridgehead atoms. The minimum atomic E-state index is -0.242. The highest BCUT2D eigenvalue weighted by molar-refractivity contribution is 7.15. The maximum absolute atomic E-state index is 12.2. The van der Waals surface area contributed by atoms with Crippen LogP contribution in [0.3, 0.4) is 0 Å². The second kappa shape index (κ2) is 6.99. The number of nitrogens with one attached hydrogen (secondary N) is 1. The molecule has 1 aliphatic carbocycles. The molecule has 0 atom stereocenters. The number of carbonyl (C=O) groups excluding carboxylic acids is 2. The van der Waals surface area contributed by atoms with Gasteiger partial charge in [-0.1, -0.05) is 19.3 Å². The second-order valence-electron chi connectivity index (χ2n) is 5.71. The van der Waals surface area contributed by atoms with Crippen LogP contribution >= 0.6 is 11.3 Å². The molecule has 1 amide bonds. The van der Waals surface area contributed by atoms with E-state index in [2.05, 4.69) is 25.1 Å². The number of hydrogen-bond acceptors (Lipinski definition) is 6. The van der Waals surface area contributed by atoms with Gasteiger partial charge in [-0.2, -0.15) is 0 Å². The molecule has 2 heterocycles. The van der Waals surface area contributed by atoms with Crippen LogP contribution in [0.25, 0.3) is 0 Å². The number of carbonyl (C=O) groups is 2. The highest BCUT2D eigenvalue weighted by Crippen LogP contribution is 2.28. The predicted octanol–water partition coefficient (Wildman–Crippen LogP) is 2.37. The molecule has 2 aromatic heterocycles. The molecule has 0 radical (unpaired) electrons. The van der Waals surface area contributed by atoms with Gasteiger partial charge in [-0.25, -0.2) is 4.98 Å². The molecule has 122 valence electrons. The van der Waals surface area contributed by atoms with Gasteiger partial charge in [0.25, 0.3) is 5.91 Å². The van der Waals surface area contributed by atoms with Crippen molar-refractivity contribution in [3.8, 4) is 0 Å². The van der Waals surface area contributed by atoms with Gasteiger partial charge in [0.15, 0.2) is 16.6 Å². The quantitative estimate of drug-likeness (QED) is 0.848. The molecule has 1 saturated carbocycles. The lowest BCUT2D eigenvalue weighted by Crippen LogP contribution is -2.25. The van der Waals surface area contributed by atoms with Crippen molar-refractivity contribution >= 4 is 23.0 Å². The van der Waals surface area contributed by atoms with Crippen molar-refractivity contribution in [1.82, 2.24) is 25.1 Å². The highest BCUT2D eigenvalue weighted by atomic mass is 32.1. The summed E-state index contributed by atoms with van der Waals surface area (Å²) in [4.78, 5) is 27.8. The van der Waals surface area contributed by atoms with Crippen molar-refractivity contribution in [1.29, 1.82) is 0 Å². The summed E-state index contributed by atoms with van der Waals surface area (Å²) in [5.74, 6) is 0.390. The monoisotopic (exact) mass is 333 g/mol. The van der Waals surface area contributed by atoms with Gasteiger partial charge >= 0.3 is 0 Å². The Morgan fingerprint density at radius 3 is 2.83 bits per heavy atom. The maximum Gasteiger partial charge on any atom is 0.263 e. The summed E-state index contributed by atoms with van der Waals surface area (Å²) < 4.78 is 2.08. The average molecular weight is 333 g/mol. The molecule has 8 heteroatoms. The summed E-state index contributed by atoms with van der Waals surface area (Å²) in [7, 11) is 0. The van der Waals surface area contributed by atoms with Gasteiger partial charge in [0.2, 0.25) is 0 Å². The van der Waals surface area contributed by atoms with Crippen molar-refractivity contribution in [2.45, 2.75) is 51.6 Å². The lowest BCUT2D eigenvalue weighted by Gasteiger charge is -2.23. The Kier molecular flexibility index (Phi) is 4.80. The fraction of sp³-hybridized carbons (Fsp3) is 0.533. The molecule has 1 N–H and O–H groups in total. The summed E-state index contributed by atoms with van der Waals surface area (Å²) in [6, 6.07) is 0.429. The zero-order chi connectivity index (χ0) is 16.2. The Morgan fingerprint density at radius 2 is 2.13 bits per heavy atom. The average Bonchev–Trinajstić information content (AvgIpc) is 3.22. The van der Waals surface area contributed by atoms with Gasteiger partial charge in [0.05, 0.1) is 12.7 Å². The van der Waals surface area contributed by atoms with Crippen LogP contribution in [0.4, 0.5) is 0 Å². The van der Waals surface area contributed by atoms with Crippen LogP contribution < -0.4 is 5.32 Å². The molecule has 1 fully saturated rings. The van der Waals surface area contributed by atoms with Crippen molar-refractivity contribution in [3.05, 3.63) is 28.2 Å². The molecule has 1 aliphatic rings. The van der Waals surface area contributed by atoms with Crippen molar-refractivity contribution in [2.24, 2.45) is 0 Å². The van der Waals surface area contributed by atoms with Gasteiger partial charge in [0, 0.05) is 13.0 Å². The fourth-order valence-corrected chi connectivity index (χ4v) is 3.57. The molecular formula is C15H19N5O2S. The number of hydrogen-bond donors (Lipinski definition) is 1. The van der Waals surface area contributed by atoms with Crippen LogP contribution in [0.2, 0.25) is 0 Å². The minimum Gasteiger partial charge on any atom is -0.344 e. The molecule has 0 unspecified atom stereocenters. The summed E-state index contributed by atoms with van der Waals surface area (Å²) in [5.41, 5.74) is 0. The first-order valence-electron chi connectivity index (χ1n) is 7.78. The van der Waals surface area contributed by atoms with E-state index >= 15 is 0 Å². The summed E-state index contributed by atoms with van der Waals surface area (Å²) in [6.45, 7) is 1.76. The summed E-state index contributed by atoms with van der Waals surface area (Å²) in [5, 5.41) is 11.3.